The molecule has 0 aliphatic heterocycles. The van der Waals surface area contributed by atoms with Gasteiger partial charge in [0.05, 0.1) is 0 Å². The van der Waals surface area contributed by atoms with Gasteiger partial charge in [-0.2, -0.15) is 0 Å². The minimum atomic E-state index is -2.81. The maximum absolute atomic E-state index is 11.6. The van der Waals surface area contributed by atoms with Gasteiger partial charge in [-0.05, 0) is 11.8 Å². The van der Waals surface area contributed by atoms with Gasteiger partial charge in [-0.1, -0.05) is 27.7 Å². The summed E-state index contributed by atoms with van der Waals surface area (Å²) in [6.45, 7) is 9.55. The summed E-state index contributed by atoms with van der Waals surface area (Å²) in [5.41, 5.74) is 5.64. The molecule has 4 nitrogen and oxygen atoms in total. The predicted molar refractivity (Wildman–Crippen MR) is 57.5 cm³/mol. The summed E-state index contributed by atoms with van der Waals surface area (Å²) in [4.78, 5) is 0. The highest BCUT2D eigenvalue weighted by molar-refractivity contribution is 7.57. The summed E-state index contributed by atoms with van der Waals surface area (Å²) >= 11 is 0. The van der Waals surface area contributed by atoms with E-state index in [-0.39, 0.29) is 5.41 Å². The van der Waals surface area contributed by atoms with E-state index in [0.717, 1.165) is 6.42 Å². The zero-order valence-corrected chi connectivity index (χ0v) is 9.95. The Morgan fingerprint density at radius 1 is 1.31 bits per heavy atom. The SMILES string of the molecule is CCCNP(N)(=O)NCC(C)(C)C. The lowest BCUT2D eigenvalue weighted by Crippen LogP contribution is -2.33. The molecule has 1 unspecified atom stereocenters. The van der Waals surface area contributed by atoms with Crippen molar-refractivity contribution in [1.29, 1.82) is 0 Å². The Bertz CT molecular complexity index is 188. The standard InChI is InChI=1S/C8H22N3OP/c1-5-6-10-13(9,12)11-7-8(2,3)4/h5-7H2,1-4H3,(H4,9,10,11,12). The number of hydrogen-bond acceptors (Lipinski definition) is 1. The summed E-state index contributed by atoms with van der Waals surface area (Å²) in [7, 11) is -2.81. The molecule has 0 bridgehead atoms. The van der Waals surface area contributed by atoms with E-state index in [2.05, 4.69) is 30.9 Å². The molecule has 0 fully saturated rings. The van der Waals surface area contributed by atoms with Crippen molar-refractivity contribution in [1.82, 2.24) is 10.2 Å². The van der Waals surface area contributed by atoms with E-state index in [1.165, 1.54) is 0 Å². The molecule has 0 amide bonds. The van der Waals surface area contributed by atoms with E-state index in [9.17, 15) is 4.57 Å². The Kier molecular flexibility index (Phi) is 5.15. The lowest BCUT2D eigenvalue weighted by atomic mass is 9.98. The Labute approximate surface area is 81.2 Å². The molecule has 0 radical (unpaired) electrons. The molecule has 13 heavy (non-hydrogen) atoms. The van der Waals surface area contributed by atoms with E-state index in [1.807, 2.05) is 6.92 Å². The van der Waals surface area contributed by atoms with Crippen molar-refractivity contribution in [2.45, 2.75) is 34.1 Å². The monoisotopic (exact) mass is 207 g/mol. The molecule has 0 saturated carbocycles. The summed E-state index contributed by atoms with van der Waals surface area (Å²) in [5, 5.41) is 5.66. The van der Waals surface area contributed by atoms with Gasteiger partial charge in [0.25, 0.3) is 7.59 Å². The van der Waals surface area contributed by atoms with E-state index < -0.39 is 7.59 Å². The highest BCUT2D eigenvalue weighted by Gasteiger charge is 2.18. The minimum absolute atomic E-state index is 0.100. The third-order valence-electron chi connectivity index (χ3n) is 1.44. The predicted octanol–water partition coefficient (Wildman–Crippen LogP) is 1.69. The number of rotatable bonds is 5. The second-order valence-corrected chi connectivity index (χ2v) is 6.41. The van der Waals surface area contributed by atoms with Crippen molar-refractivity contribution in [2.75, 3.05) is 13.1 Å². The molecule has 0 spiro atoms. The van der Waals surface area contributed by atoms with Gasteiger partial charge in [-0.15, -0.1) is 0 Å². The molecule has 0 aliphatic rings. The van der Waals surface area contributed by atoms with Crippen molar-refractivity contribution < 1.29 is 4.57 Å². The first-order valence-electron chi connectivity index (χ1n) is 4.66. The Balaban J connectivity index is 3.83. The number of hydrogen-bond donors (Lipinski definition) is 3. The number of nitrogens with two attached hydrogens (primary N) is 1. The summed E-state index contributed by atoms with van der Waals surface area (Å²) in [6.07, 6.45) is 0.929. The van der Waals surface area contributed by atoms with E-state index in [1.54, 1.807) is 0 Å². The summed E-state index contributed by atoms with van der Waals surface area (Å²) in [6, 6.07) is 0. The highest BCUT2D eigenvalue weighted by Crippen LogP contribution is 2.26. The second kappa shape index (κ2) is 5.11. The molecule has 0 rings (SSSR count). The van der Waals surface area contributed by atoms with Crippen LogP contribution in [0.15, 0.2) is 0 Å². The van der Waals surface area contributed by atoms with Crippen LogP contribution in [0.3, 0.4) is 0 Å². The number of nitrogens with one attached hydrogen (secondary N) is 2. The van der Waals surface area contributed by atoms with Crippen LogP contribution in [-0.4, -0.2) is 13.1 Å². The molecule has 1 atom stereocenters. The van der Waals surface area contributed by atoms with Crippen molar-refractivity contribution in [3.8, 4) is 0 Å². The van der Waals surface area contributed by atoms with Crippen molar-refractivity contribution in [3.05, 3.63) is 0 Å². The lowest BCUT2D eigenvalue weighted by molar-refractivity contribution is 0.405. The zero-order valence-electron chi connectivity index (χ0n) is 9.05. The van der Waals surface area contributed by atoms with Gasteiger partial charge in [0, 0.05) is 13.1 Å². The molecule has 0 saturated heterocycles. The van der Waals surface area contributed by atoms with Gasteiger partial charge in [0.2, 0.25) is 0 Å². The van der Waals surface area contributed by atoms with E-state index >= 15 is 0 Å². The molecular weight excluding hydrogens is 185 g/mol. The van der Waals surface area contributed by atoms with Gasteiger partial charge in [0.15, 0.2) is 0 Å². The molecule has 5 heteroatoms. The van der Waals surface area contributed by atoms with Crippen LogP contribution in [0.2, 0.25) is 0 Å². The molecule has 0 aromatic rings. The molecule has 0 aliphatic carbocycles. The lowest BCUT2D eigenvalue weighted by Gasteiger charge is -2.22. The largest absolute Gasteiger partial charge is 0.276 e. The van der Waals surface area contributed by atoms with Crippen molar-refractivity contribution in [3.63, 3.8) is 0 Å². The van der Waals surface area contributed by atoms with Gasteiger partial charge < -0.3 is 0 Å². The van der Waals surface area contributed by atoms with Crippen LogP contribution in [0.25, 0.3) is 0 Å². The summed E-state index contributed by atoms with van der Waals surface area (Å²) < 4.78 is 11.6. The van der Waals surface area contributed by atoms with Crippen molar-refractivity contribution in [2.24, 2.45) is 10.9 Å². The molecule has 0 aromatic carbocycles. The average Bonchev–Trinajstić information content (AvgIpc) is 1.97. The quantitative estimate of drug-likeness (QED) is 0.600. The first-order chi connectivity index (χ1) is 5.77. The van der Waals surface area contributed by atoms with Crippen LogP contribution in [0, 0.1) is 5.41 Å². The van der Waals surface area contributed by atoms with Crippen LogP contribution in [0.4, 0.5) is 0 Å². The summed E-state index contributed by atoms with van der Waals surface area (Å²) in [5.74, 6) is 0. The fourth-order valence-electron chi connectivity index (χ4n) is 0.688. The first kappa shape index (κ1) is 13.1. The van der Waals surface area contributed by atoms with Crippen LogP contribution >= 0.6 is 7.59 Å². The fraction of sp³-hybridized carbons (Fsp3) is 1.00. The Morgan fingerprint density at radius 3 is 2.23 bits per heavy atom. The van der Waals surface area contributed by atoms with E-state index in [0.29, 0.717) is 13.1 Å². The maximum atomic E-state index is 11.6. The van der Waals surface area contributed by atoms with Crippen LogP contribution in [-0.2, 0) is 4.57 Å². The first-order valence-corrected chi connectivity index (χ1v) is 6.43. The molecule has 4 N–H and O–H groups in total. The third-order valence-corrected chi connectivity index (χ3v) is 2.76. The van der Waals surface area contributed by atoms with Crippen LogP contribution in [0.5, 0.6) is 0 Å². The zero-order chi connectivity index (χ0) is 10.5. The molecule has 0 heterocycles. The Morgan fingerprint density at radius 2 is 1.85 bits per heavy atom. The topological polar surface area (TPSA) is 67.1 Å². The normalized spacial score (nSPS) is 17.0. The van der Waals surface area contributed by atoms with Gasteiger partial charge in [-0.25, -0.2) is 10.2 Å². The third kappa shape index (κ3) is 8.44. The van der Waals surface area contributed by atoms with Crippen molar-refractivity contribution >= 4 is 7.59 Å². The van der Waals surface area contributed by atoms with E-state index in [4.69, 9.17) is 5.50 Å². The van der Waals surface area contributed by atoms with Gasteiger partial charge in [0.1, 0.15) is 0 Å². The highest BCUT2D eigenvalue weighted by atomic mass is 31.2. The van der Waals surface area contributed by atoms with Gasteiger partial charge >= 0.3 is 0 Å². The average molecular weight is 207 g/mol. The van der Waals surface area contributed by atoms with Crippen LogP contribution < -0.4 is 15.7 Å². The minimum Gasteiger partial charge on any atom is -0.271 e. The molecule has 0 aromatic heterocycles. The molecular formula is C8H22N3OP. The fourth-order valence-corrected chi connectivity index (χ4v) is 2.07. The smallest absolute Gasteiger partial charge is 0.271 e. The maximum Gasteiger partial charge on any atom is 0.276 e. The second-order valence-electron chi connectivity index (χ2n) is 4.46. The van der Waals surface area contributed by atoms with Crippen LogP contribution in [0.1, 0.15) is 34.1 Å². The van der Waals surface area contributed by atoms with Gasteiger partial charge in [-0.3, -0.25) is 10.1 Å². The molecule has 80 valence electrons. The Hall–Kier alpha value is 0.110.